The summed E-state index contributed by atoms with van der Waals surface area (Å²) in [7, 11) is 0. The number of nitrogens with one attached hydrogen (secondary N) is 1. The molecule has 134 valence electrons. The van der Waals surface area contributed by atoms with Crippen molar-refractivity contribution in [3.8, 4) is 34.3 Å². The summed E-state index contributed by atoms with van der Waals surface area (Å²) in [6.45, 7) is 0.804. The van der Waals surface area contributed by atoms with Crippen LogP contribution in [0, 0.1) is 0 Å². The third kappa shape index (κ3) is 3.08. The van der Waals surface area contributed by atoms with Crippen LogP contribution in [0.3, 0.4) is 0 Å². The van der Waals surface area contributed by atoms with Gasteiger partial charge in [0.1, 0.15) is 17.7 Å². The summed E-state index contributed by atoms with van der Waals surface area (Å²) in [5, 5.41) is 11.3. The molecule has 5 rings (SSSR count). The molecule has 0 unspecified atom stereocenters. The van der Waals surface area contributed by atoms with E-state index in [1.54, 1.807) is 17.5 Å². The van der Waals surface area contributed by atoms with Gasteiger partial charge in [-0.3, -0.25) is 0 Å². The standard InChI is InChI=1S/C18H13N5O3S/c1-2-14-15(25-10-24-14)5-11(1)6-20-17-13(7-19-9-21-17)18-22-16(23-26-18)12-3-4-27-8-12/h1-5,7-9H,6,10H2,(H,19,20,21). The summed E-state index contributed by atoms with van der Waals surface area (Å²) in [4.78, 5) is 12.9. The monoisotopic (exact) mass is 379 g/mol. The molecule has 27 heavy (non-hydrogen) atoms. The van der Waals surface area contributed by atoms with Gasteiger partial charge in [0.15, 0.2) is 11.5 Å². The van der Waals surface area contributed by atoms with Gasteiger partial charge in [-0.1, -0.05) is 11.2 Å². The lowest BCUT2D eigenvalue weighted by Gasteiger charge is -2.08. The van der Waals surface area contributed by atoms with Crippen LogP contribution in [0.5, 0.6) is 11.5 Å². The molecule has 0 fully saturated rings. The minimum atomic E-state index is 0.256. The van der Waals surface area contributed by atoms with E-state index in [0.29, 0.717) is 29.6 Å². The number of rotatable bonds is 5. The zero-order valence-corrected chi connectivity index (χ0v) is 14.8. The molecule has 8 nitrogen and oxygen atoms in total. The van der Waals surface area contributed by atoms with Crippen molar-refractivity contribution in [3.63, 3.8) is 0 Å². The quantitative estimate of drug-likeness (QED) is 0.562. The lowest BCUT2D eigenvalue weighted by Crippen LogP contribution is -2.03. The third-order valence-electron chi connectivity index (χ3n) is 4.05. The zero-order chi connectivity index (χ0) is 18.1. The Kier molecular flexibility index (Phi) is 3.91. The van der Waals surface area contributed by atoms with Crippen LogP contribution in [0.25, 0.3) is 22.8 Å². The highest BCUT2D eigenvalue weighted by Gasteiger charge is 2.17. The van der Waals surface area contributed by atoms with Gasteiger partial charge in [-0.25, -0.2) is 9.97 Å². The van der Waals surface area contributed by atoms with Crippen molar-refractivity contribution in [1.82, 2.24) is 20.1 Å². The normalized spacial score (nSPS) is 12.3. The van der Waals surface area contributed by atoms with Crippen molar-refractivity contribution in [3.05, 3.63) is 53.1 Å². The minimum absolute atomic E-state index is 0.256. The van der Waals surface area contributed by atoms with Crippen LogP contribution >= 0.6 is 11.3 Å². The summed E-state index contributed by atoms with van der Waals surface area (Å²) in [6, 6.07) is 7.76. The van der Waals surface area contributed by atoms with Crippen LogP contribution in [-0.4, -0.2) is 26.9 Å². The van der Waals surface area contributed by atoms with Crippen molar-refractivity contribution >= 4 is 17.2 Å². The molecule has 1 aliphatic rings. The number of fused-ring (bicyclic) bond motifs is 1. The van der Waals surface area contributed by atoms with Gasteiger partial charge in [0.25, 0.3) is 5.89 Å². The average molecular weight is 379 g/mol. The van der Waals surface area contributed by atoms with Crippen LogP contribution in [0.2, 0.25) is 0 Å². The number of hydrogen-bond acceptors (Lipinski definition) is 9. The first-order chi connectivity index (χ1) is 13.4. The largest absolute Gasteiger partial charge is 0.454 e. The SMILES string of the molecule is c1ncc(-c2nc(-c3ccsc3)no2)c(NCc2ccc3c(c2)OCO3)n1. The number of aromatic nitrogens is 4. The fraction of sp³-hybridized carbons (Fsp3) is 0.111. The fourth-order valence-electron chi connectivity index (χ4n) is 2.71. The molecule has 1 aliphatic heterocycles. The van der Waals surface area contributed by atoms with Gasteiger partial charge in [0.05, 0.1) is 0 Å². The van der Waals surface area contributed by atoms with E-state index in [1.165, 1.54) is 6.33 Å². The summed E-state index contributed by atoms with van der Waals surface area (Å²) >= 11 is 1.58. The number of thiophene rings is 1. The van der Waals surface area contributed by atoms with Crippen LogP contribution in [0.1, 0.15) is 5.56 Å². The molecule has 0 radical (unpaired) electrons. The van der Waals surface area contributed by atoms with Crippen LogP contribution in [0.15, 0.2) is 52.1 Å². The second-order valence-corrected chi connectivity index (χ2v) is 6.54. The minimum Gasteiger partial charge on any atom is -0.454 e. The van der Waals surface area contributed by atoms with Gasteiger partial charge < -0.3 is 19.3 Å². The van der Waals surface area contributed by atoms with Crippen molar-refractivity contribution in [1.29, 1.82) is 0 Å². The fourth-order valence-corrected chi connectivity index (χ4v) is 3.34. The maximum atomic E-state index is 5.41. The number of anilines is 1. The molecule has 0 bridgehead atoms. The highest BCUT2D eigenvalue weighted by Crippen LogP contribution is 2.33. The van der Waals surface area contributed by atoms with E-state index in [9.17, 15) is 0 Å². The zero-order valence-electron chi connectivity index (χ0n) is 14.0. The molecule has 4 heterocycles. The summed E-state index contributed by atoms with van der Waals surface area (Å²) in [5.41, 5.74) is 2.60. The van der Waals surface area contributed by atoms with Crippen LogP contribution < -0.4 is 14.8 Å². The van der Waals surface area contributed by atoms with E-state index in [0.717, 1.165) is 22.6 Å². The summed E-state index contributed by atoms with van der Waals surface area (Å²) < 4.78 is 16.2. The van der Waals surface area contributed by atoms with E-state index in [2.05, 4.69) is 25.4 Å². The molecule has 3 aromatic heterocycles. The number of nitrogens with zero attached hydrogens (tertiary/aromatic N) is 4. The van der Waals surface area contributed by atoms with Gasteiger partial charge in [-0.15, -0.1) is 0 Å². The van der Waals surface area contributed by atoms with Crippen molar-refractivity contribution in [2.45, 2.75) is 6.54 Å². The van der Waals surface area contributed by atoms with Crippen molar-refractivity contribution in [2.24, 2.45) is 0 Å². The molecule has 1 N–H and O–H groups in total. The van der Waals surface area contributed by atoms with Crippen LogP contribution in [0.4, 0.5) is 5.82 Å². The highest BCUT2D eigenvalue weighted by molar-refractivity contribution is 7.08. The van der Waals surface area contributed by atoms with E-state index >= 15 is 0 Å². The van der Waals surface area contributed by atoms with E-state index in [-0.39, 0.29) is 6.79 Å². The molecule has 0 atom stereocenters. The van der Waals surface area contributed by atoms with Crippen LogP contribution in [-0.2, 0) is 6.54 Å². The molecular weight excluding hydrogens is 366 g/mol. The van der Waals surface area contributed by atoms with Gasteiger partial charge >= 0.3 is 0 Å². The van der Waals surface area contributed by atoms with Gasteiger partial charge in [-0.2, -0.15) is 16.3 Å². The smallest absolute Gasteiger partial charge is 0.263 e. The summed E-state index contributed by atoms with van der Waals surface area (Å²) in [6.07, 6.45) is 3.13. The first-order valence-corrected chi connectivity index (χ1v) is 9.10. The van der Waals surface area contributed by atoms with Crippen molar-refractivity contribution < 1.29 is 14.0 Å². The van der Waals surface area contributed by atoms with E-state index in [4.69, 9.17) is 14.0 Å². The van der Waals surface area contributed by atoms with E-state index < -0.39 is 0 Å². The average Bonchev–Trinajstić information content (AvgIpc) is 3.47. The third-order valence-corrected chi connectivity index (χ3v) is 4.73. The molecule has 4 aromatic rings. The first kappa shape index (κ1) is 15.8. The number of benzene rings is 1. The maximum absolute atomic E-state index is 5.41. The Labute approximate surface area is 157 Å². The first-order valence-electron chi connectivity index (χ1n) is 8.16. The molecule has 0 amide bonds. The second kappa shape index (κ2) is 6.69. The van der Waals surface area contributed by atoms with E-state index in [1.807, 2.05) is 35.0 Å². The molecular formula is C18H13N5O3S. The lowest BCUT2D eigenvalue weighted by molar-refractivity contribution is 0.174. The second-order valence-electron chi connectivity index (χ2n) is 5.76. The lowest BCUT2D eigenvalue weighted by atomic mass is 10.2. The van der Waals surface area contributed by atoms with Gasteiger partial charge in [0, 0.05) is 23.7 Å². The molecule has 9 heteroatoms. The Bertz CT molecular complexity index is 1080. The Morgan fingerprint density at radius 2 is 2.11 bits per heavy atom. The Morgan fingerprint density at radius 3 is 3.04 bits per heavy atom. The topological polar surface area (TPSA) is 95.2 Å². The number of hydrogen-bond donors (Lipinski definition) is 1. The Balaban J connectivity index is 1.38. The summed E-state index contributed by atoms with van der Waals surface area (Å²) in [5.74, 6) is 3.02. The molecule has 0 saturated carbocycles. The molecule has 0 spiro atoms. The maximum Gasteiger partial charge on any atom is 0.263 e. The molecule has 1 aromatic carbocycles. The number of ether oxygens (including phenoxy) is 2. The predicted molar refractivity (Wildman–Crippen MR) is 98.5 cm³/mol. The van der Waals surface area contributed by atoms with Crippen molar-refractivity contribution in [2.75, 3.05) is 12.1 Å². The molecule has 0 aliphatic carbocycles. The Morgan fingerprint density at radius 1 is 1.15 bits per heavy atom. The molecule has 0 saturated heterocycles. The van der Waals surface area contributed by atoms with Gasteiger partial charge in [0.2, 0.25) is 12.6 Å². The highest BCUT2D eigenvalue weighted by atomic mass is 32.1. The Hall–Kier alpha value is -3.46. The van der Waals surface area contributed by atoms with Gasteiger partial charge in [-0.05, 0) is 29.1 Å². The predicted octanol–water partition coefficient (Wildman–Crippen LogP) is 3.60.